The molecule has 0 saturated carbocycles. The monoisotopic (exact) mass is 310 g/mol. The summed E-state index contributed by atoms with van der Waals surface area (Å²) in [6, 6.07) is 13.7. The third-order valence-electron chi connectivity index (χ3n) is 3.11. The summed E-state index contributed by atoms with van der Waals surface area (Å²) in [6.45, 7) is 5.59. The minimum atomic E-state index is -0.389. The first-order valence-corrected chi connectivity index (χ1v) is 7.09. The van der Waals surface area contributed by atoms with Crippen molar-refractivity contribution in [3.05, 3.63) is 72.3 Å². The van der Waals surface area contributed by atoms with Gasteiger partial charge in [-0.3, -0.25) is 4.79 Å². The zero-order valence-corrected chi connectivity index (χ0v) is 12.8. The molecule has 2 N–H and O–H groups in total. The Morgan fingerprint density at radius 3 is 2.57 bits per heavy atom. The smallest absolute Gasteiger partial charge is 0.275 e. The topological polar surface area (TPSA) is 70.9 Å². The Labute approximate surface area is 134 Å². The first-order chi connectivity index (χ1) is 11.1. The van der Waals surface area contributed by atoms with E-state index >= 15 is 0 Å². The number of para-hydroxylation sites is 2. The van der Waals surface area contributed by atoms with Gasteiger partial charge in [-0.2, -0.15) is 5.10 Å². The molecule has 2 aromatic carbocycles. The van der Waals surface area contributed by atoms with E-state index < -0.39 is 0 Å². The van der Waals surface area contributed by atoms with E-state index in [4.69, 9.17) is 4.74 Å². The van der Waals surface area contributed by atoms with Crippen molar-refractivity contribution in [1.29, 1.82) is 0 Å². The summed E-state index contributed by atoms with van der Waals surface area (Å²) in [5.74, 6) is 0.178. The number of nitrogens with zero attached hydrogens (tertiary/aromatic N) is 1. The second kappa shape index (κ2) is 7.79. The largest absolute Gasteiger partial charge is 0.507 e. The summed E-state index contributed by atoms with van der Waals surface area (Å²) >= 11 is 0. The molecule has 0 heterocycles. The van der Waals surface area contributed by atoms with Crippen molar-refractivity contribution in [1.82, 2.24) is 5.43 Å². The van der Waals surface area contributed by atoms with Gasteiger partial charge in [-0.25, -0.2) is 5.43 Å². The van der Waals surface area contributed by atoms with Crippen molar-refractivity contribution in [2.24, 2.45) is 5.10 Å². The fourth-order valence-corrected chi connectivity index (χ4v) is 1.96. The van der Waals surface area contributed by atoms with Crippen LogP contribution in [0.15, 0.2) is 66.3 Å². The third-order valence-corrected chi connectivity index (χ3v) is 3.11. The average Bonchev–Trinajstić information content (AvgIpc) is 2.58. The number of rotatable bonds is 6. The number of amides is 1. The normalized spacial score (nSPS) is 10.9. The van der Waals surface area contributed by atoms with Gasteiger partial charge in [0.25, 0.3) is 5.91 Å². The Bertz CT molecular complexity index is 739. The van der Waals surface area contributed by atoms with E-state index in [9.17, 15) is 9.90 Å². The lowest BCUT2D eigenvalue weighted by Crippen LogP contribution is -2.20. The summed E-state index contributed by atoms with van der Waals surface area (Å²) in [5.41, 5.74) is 3.91. The van der Waals surface area contributed by atoms with Gasteiger partial charge >= 0.3 is 0 Å². The van der Waals surface area contributed by atoms with Crippen LogP contribution in [0.2, 0.25) is 0 Å². The van der Waals surface area contributed by atoms with E-state index in [0.29, 0.717) is 29.2 Å². The van der Waals surface area contributed by atoms with Crippen molar-refractivity contribution in [2.75, 3.05) is 6.61 Å². The maximum atomic E-state index is 12.3. The summed E-state index contributed by atoms with van der Waals surface area (Å²) in [5, 5.41) is 13.8. The molecule has 0 aromatic heterocycles. The Balaban J connectivity index is 2.15. The van der Waals surface area contributed by atoms with Gasteiger partial charge in [-0.15, -0.1) is 0 Å². The Hall–Kier alpha value is -3.08. The van der Waals surface area contributed by atoms with Crippen molar-refractivity contribution in [3.63, 3.8) is 0 Å². The molecular weight excluding hydrogens is 292 g/mol. The second-order valence-corrected chi connectivity index (χ2v) is 4.75. The molecule has 5 nitrogen and oxygen atoms in total. The zero-order valence-electron chi connectivity index (χ0n) is 12.8. The van der Waals surface area contributed by atoms with Gasteiger partial charge in [-0.05, 0) is 31.2 Å². The Morgan fingerprint density at radius 1 is 1.22 bits per heavy atom. The third kappa shape index (κ3) is 4.20. The van der Waals surface area contributed by atoms with Crippen LogP contribution in [0.4, 0.5) is 0 Å². The number of phenols is 1. The number of aromatic hydroxyl groups is 1. The highest BCUT2D eigenvalue weighted by molar-refractivity contribution is 6.03. The highest BCUT2D eigenvalue weighted by Crippen LogP contribution is 2.18. The highest BCUT2D eigenvalue weighted by Gasteiger charge is 2.12. The van der Waals surface area contributed by atoms with Crippen LogP contribution in [0.1, 0.15) is 22.8 Å². The van der Waals surface area contributed by atoms with Crippen LogP contribution in [-0.4, -0.2) is 23.3 Å². The number of benzene rings is 2. The average molecular weight is 310 g/mol. The molecule has 0 aliphatic heterocycles. The number of ether oxygens (including phenoxy) is 1. The number of carbonyl (C=O) groups is 1. The van der Waals surface area contributed by atoms with Gasteiger partial charge in [0.1, 0.15) is 18.1 Å². The van der Waals surface area contributed by atoms with E-state index in [1.54, 1.807) is 61.5 Å². The van der Waals surface area contributed by atoms with E-state index in [0.717, 1.165) is 0 Å². The van der Waals surface area contributed by atoms with Crippen LogP contribution >= 0.6 is 0 Å². The Morgan fingerprint density at radius 2 is 1.87 bits per heavy atom. The van der Waals surface area contributed by atoms with E-state index in [2.05, 4.69) is 17.1 Å². The number of hydrogen-bond acceptors (Lipinski definition) is 4. The molecule has 0 fully saturated rings. The van der Waals surface area contributed by atoms with Gasteiger partial charge in [0.15, 0.2) is 0 Å². The molecule has 0 bridgehead atoms. The molecule has 118 valence electrons. The van der Waals surface area contributed by atoms with Gasteiger partial charge in [0.2, 0.25) is 0 Å². The van der Waals surface area contributed by atoms with Crippen molar-refractivity contribution < 1.29 is 14.6 Å². The van der Waals surface area contributed by atoms with Gasteiger partial charge in [0.05, 0.1) is 11.3 Å². The molecule has 0 saturated heterocycles. The lowest BCUT2D eigenvalue weighted by atomic mass is 10.1. The lowest BCUT2D eigenvalue weighted by Gasteiger charge is -2.09. The van der Waals surface area contributed by atoms with E-state index in [1.165, 1.54) is 0 Å². The van der Waals surface area contributed by atoms with E-state index in [-0.39, 0.29) is 11.7 Å². The van der Waals surface area contributed by atoms with Crippen LogP contribution in [0.25, 0.3) is 0 Å². The molecule has 0 unspecified atom stereocenters. The molecule has 5 heteroatoms. The number of carbonyl (C=O) groups excluding carboxylic acids is 1. The lowest BCUT2D eigenvalue weighted by molar-refractivity contribution is 0.0951. The molecule has 23 heavy (non-hydrogen) atoms. The zero-order chi connectivity index (χ0) is 16.7. The molecule has 0 atom stereocenters. The number of hydrazone groups is 1. The molecular formula is C18H18N2O3. The van der Waals surface area contributed by atoms with Gasteiger partial charge in [-0.1, -0.05) is 36.9 Å². The van der Waals surface area contributed by atoms with Gasteiger partial charge < -0.3 is 9.84 Å². The second-order valence-electron chi connectivity index (χ2n) is 4.75. The molecule has 1 amide bonds. The minimum absolute atomic E-state index is 0.109. The quantitative estimate of drug-likeness (QED) is 0.489. The number of phenolic OH excluding ortho intramolecular Hbond substituents is 1. The predicted molar refractivity (Wildman–Crippen MR) is 89.9 cm³/mol. The molecule has 0 spiro atoms. The van der Waals surface area contributed by atoms with E-state index in [1.807, 2.05) is 0 Å². The van der Waals surface area contributed by atoms with Crippen LogP contribution in [0.3, 0.4) is 0 Å². The molecule has 0 radical (unpaired) electrons. The predicted octanol–water partition coefficient (Wildman–Crippen LogP) is 3.11. The molecule has 2 rings (SSSR count). The molecule has 2 aromatic rings. The van der Waals surface area contributed by atoms with Crippen LogP contribution in [0.5, 0.6) is 11.5 Å². The van der Waals surface area contributed by atoms with Crippen LogP contribution < -0.4 is 10.2 Å². The summed E-state index contributed by atoms with van der Waals surface area (Å²) in [4.78, 5) is 12.3. The standard InChI is InChI=1S/C18H18N2O3/c1-3-12-23-17-11-7-5-9-15(17)18(22)20-19-13(2)14-8-4-6-10-16(14)21/h3-11,21H,1,12H2,2H3,(H,20,22). The van der Waals surface area contributed by atoms with Gasteiger partial charge in [0, 0.05) is 5.56 Å². The fourth-order valence-electron chi connectivity index (χ4n) is 1.96. The first kappa shape index (κ1) is 16.3. The fraction of sp³-hybridized carbons (Fsp3) is 0.111. The molecule has 0 aliphatic carbocycles. The number of hydrogen-bond donors (Lipinski definition) is 2. The Kier molecular flexibility index (Phi) is 5.52. The highest BCUT2D eigenvalue weighted by atomic mass is 16.5. The van der Waals surface area contributed by atoms with Crippen LogP contribution in [-0.2, 0) is 0 Å². The summed E-state index contributed by atoms with van der Waals surface area (Å²) in [7, 11) is 0. The maximum absolute atomic E-state index is 12.3. The minimum Gasteiger partial charge on any atom is -0.507 e. The first-order valence-electron chi connectivity index (χ1n) is 7.09. The van der Waals surface area contributed by atoms with Crippen molar-refractivity contribution in [2.45, 2.75) is 6.92 Å². The van der Waals surface area contributed by atoms with Crippen LogP contribution in [0, 0.1) is 0 Å². The van der Waals surface area contributed by atoms with Crippen molar-refractivity contribution >= 4 is 11.6 Å². The summed E-state index contributed by atoms with van der Waals surface area (Å²) in [6.07, 6.45) is 1.61. The summed E-state index contributed by atoms with van der Waals surface area (Å²) < 4.78 is 5.45. The maximum Gasteiger partial charge on any atom is 0.275 e. The molecule has 0 aliphatic rings. The number of nitrogens with one attached hydrogen (secondary N) is 1. The SMILES string of the molecule is C=CCOc1ccccc1C(=O)NN=C(C)c1ccccc1O. The van der Waals surface area contributed by atoms with Crippen molar-refractivity contribution in [3.8, 4) is 11.5 Å².